The topological polar surface area (TPSA) is 25.8 Å². The third-order valence-corrected chi connectivity index (χ3v) is 10.1. The van der Waals surface area contributed by atoms with Crippen molar-refractivity contribution in [3.63, 3.8) is 0 Å². The van der Waals surface area contributed by atoms with E-state index in [1.165, 1.54) is 76.2 Å². The molecule has 2 nitrogen and oxygen atoms in total. The van der Waals surface area contributed by atoms with Gasteiger partial charge in [-0.05, 0) is 90.7 Å². The van der Waals surface area contributed by atoms with Crippen molar-refractivity contribution >= 4 is 33.4 Å². The fourth-order valence-electron chi connectivity index (χ4n) is 6.41. The summed E-state index contributed by atoms with van der Waals surface area (Å²) in [7, 11) is 0. The molecule has 0 amide bonds. The van der Waals surface area contributed by atoms with E-state index in [0.29, 0.717) is 0 Å². The smallest absolute Gasteiger partial charge is 0.0797 e. The lowest BCUT2D eigenvalue weighted by Crippen LogP contribution is -2.15. The van der Waals surface area contributed by atoms with Gasteiger partial charge in [0.25, 0.3) is 0 Å². The minimum Gasteiger partial charge on any atom is -0.252 e. The van der Waals surface area contributed by atoms with Crippen LogP contribution in [0.5, 0.6) is 0 Å². The largest absolute Gasteiger partial charge is 0.252 e. The fraction of sp³-hybridized carbons (Fsp3) is 0.0811. The van der Waals surface area contributed by atoms with Gasteiger partial charge >= 0.3 is 0 Å². The molecule has 0 bridgehead atoms. The first-order valence-corrected chi connectivity index (χ1v) is 15.5. The zero-order chi connectivity index (χ0) is 27.6. The Morgan fingerprint density at radius 2 is 1.12 bits per heavy atom. The molecule has 0 saturated carbocycles. The summed E-state index contributed by atoms with van der Waals surface area (Å²) in [6.07, 6.45) is 3.90. The predicted molar refractivity (Wildman–Crippen MR) is 175 cm³/mol. The summed E-state index contributed by atoms with van der Waals surface area (Å²) in [5.74, 6) is 0. The molecule has 0 atom stereocenters. The number of fused-ring (bicyclic) bond motifs is 5. The zero-order valence-electron chi connectivity index (χ0n) is 22.8. The highest BCUT2D eigenvalue weighted by atomic mass is 32.1. The van der Waals surface area contributed by atoms with Crippen molar-refractivity contribution in [1.29, 1.82) is 0 Å². The maximum atomic E-state index is 4.30. The molecule has 0 fully saturated rings. The van der Waals surface area contributed by atoms with Crippen LogP contribution in [0.3, 0.4) is 0 Å². The second-order valence-electron chi connectivity index (χ2n) is 11.2. The third-order valence-electron chi connectivity index (χ3n) is 8.48. The van der Waals surface area contributed by atoms with Crippen LogP contribution in [0.25, 0.3) is 65.0 Å². The Balaban J connectivity index is 1.30. The van der Waals surface area contributed by atoms with Gasteiger partial charge in [0.1, 0.15) is 0 Å². The van der Waals surface area contributed by atoms with Crippen LogP contribution >= 0.6 is 22.7 Å². The molecule has 41 heavy (non-hydrogen) atoms. The highest BCUT2D eigenvalue weighted by molar-refractivity contribution is 7.13. The van der Waals surface area contributed by atoms with Gasteiger partial charge in [-0.25, -0.2) is 0 Å². The average molecular weight is 563 g/mol. The Hall–Kier alpha value is -4.38. The minimum atomic E-state index is -0.135. The number of thiazole rings is 2. The Labute approximate surface area is 247 Å². The molecule has 2 aromatic heterocycles. The Morgan fingerprint density at radius 1 is 0.512 bits per heavy atom. The molecule has 1 aliphatic rings. The molecule has 196 valence electrons. The van der Waals surface area contributed by atoms with Gasteiger partial charge < -0.3 is 0 Å². The highest BCUT2D eigenvalue weighted by Gasteiger charge is 2.37. The molecule has 2 heterocycles. The lowest BCUT2D eigenvalue weighted by atomic mass is 9.80. The number of aromatic nitrogens is 2. The summed E-state index contributed by atoms with van der Waals surface area (Å²) >= 11 is 3.36. The summed E-state index contributed by atoms with van der Waals surface area (Å²) in [4.78, 5) is 11.0. The van der Waals surface area contributed by atoms with E-state index >= 15 is 0 Å². The summed E-state index contributed by atoms with van der Waals surface area (Å²) in [5.41, 5.74) is 16.6. The first-order valence-electron chi connectivity index (χ1n) is 13.8. The van der Waals surface area contributed by atoms with E-state index in [2.05, 4.69) is 121 Å². The molecular weight excluding hydrogens is 537 g/mol. The summed E-state index contributed by atoms with van der Waals surface area (Å²) in [6, 6.07) is 36.1. The van der Waals surface area contributed by atoms with Crippen molar-refractivity contribution < 1.29 is 0 Å². The fourth-order valence-corrected chi connectivity index (χ4v) is 7.65. The maximum Gasteiger partial charge on any atom is 0.0797 e. The molecule has 5 aromatic carbocycles. The van der Waals surface area contributed by atoms with Crippen LogP contribution in [-0.2, 0) is 5.41 Å². The van der Waals surface area contributed by atoms with Crippen LogP contribution in [0.2, 0.25) is 0 Å². The van der Waals surface area contributed by atoms with Crippen molar-refractivity contribution in [2.75, 3.05) is 0 Å². The van der Waals surface area contributed by atoms with E-state index in [4.69, 9.17) is 0 Å². The molecule has 7 aromatic rings. The minimum absolute atomic E-state index is 0.135. The number of rotatable bonds is 4. The monoisotopic (exact) mass is 562 g/mol. The first-order chi connectivity index (χ1) is 20.1. The summed E-state index contributed by atoms with van der Waals surface area (Å²) in [5, 5.41) is 2.60. The van der Waals surface area contributed by atoms with Crippen molar-refractivity contribution in [1.82, 2.24) is 9.97 Å². The normalized spacial score (nSPS) is 13.3. The summed E-state index contributed by atoms with van der Waals surface area (Å²) in [6.45, 7) is 4.75. The highest BCUT2D eigenvalue weighted by Crippen LogP contribution is 2.54. The van der Waals surface area contributed by atoms with Crippen molar-refractivity contribution in [3.8, 4) is 54.3 Å². The number of nitrogens with zero attached hydrogens (tertiary/aromatic N) is 2. The van der Waals surface area contributed by atoms with Crippen molar-refractivity contribution in [2.24, 2.45) is 0 Å². The van der Waals surface area contributed by atoms with Gasteiger partial charge in [0.05, 0.1) is 20.8 Å². The molecule has 0 aliphatic heterocycles. The lowest BCUT2D eigenvalue weighted by molar-refractivity contribution is 0.661. The van der Waals surface area contributed by atoms with E-state index < -0.39 is 0 Å². The Morgan fingerprint density at radius 3 is 1.80 bits per heavy atom. The summed E-state index contributed by atoms with van der Waals surface area (Å²) < 4.78 is 0. The van der Waals surface area contributed by atoms with Gasteiger partial charge in [-0.15, -0.1) is 22.7 Å². The van der Waals surface area contributed by atoms with Gasteiger partial charge in [0.15, 0.2) is 0 Å². The van der Waals surface area contributed by atoms with Gasteiger partial charge in [0.2, 0.25) is 0 Å². The number of benzene rings is 5. The molecule has 1 aliphatic carbocycles. The van der Waals surface area contributed by atoms with Crippen LogP contribution in [0.4, 0.5) is 0 Å². The molecule has 8 rings (SSSR count). The second-order valence-corrected chi connectivity index (χ2v) is 12.9. The zero-order valence-corrected chi connectivity index (χ0v) is 24.4. The van der Waals surface area contributed by atoms with Crippen LogP contribution in [0.15, 0.2) is 120 Å². The molecule has 0 radical (unpaired) electrons. The Bertz CT molecular complexity index is 2070. The van der Waals surface area contributed by atoms with Gasteiger partial charge in [-0.2, -0.15) is 0 Å². The van der Waals surface area contributed by atoms with E-state index in [1.54, 1.807) is 22.7 Å². The molecule has 0 N–H and O–H groups in total. The predicted octanol–water partition coefficient (Wildman–Crippen LogP) is 10.7. The second kappa shape index (κ2) is 9.34. The quantitative estimate of drug-likeness (QED) is 0.213. The van der Waals surface area contributed by atoms with Crippen LogP contribution in [0.1, 0.15) is 25.0 Å². The third kappa shape index (κ3) is 3.90. The number of hydrogen-bond donors (Lipinski definition) is 0. The van der Waals surface area contributed by atoms with E-state index in [9.17, 15) is 0 Å². The number of hydrogen-bond acceptors (Lipinski definition) is 4. The molecule has 0 spiro atoms. The van der Waals surface area contributed by atoms with Crippen LogP contribution in [-0.4, -0.2) is 9.97 Å². The standard InChI is InChI=1S/C37H26N2S2/c1-37(2)32-17-24(23-7-5-9-26(15-23)34-19-38-21-40-34)13-14-30(32)36-29-12-4-3-11-28(29)31(18-33(36)37)25-8-6-10-27(16-25)35-20-39-22-41-35/h3-22H,1-2H3. The van der Waals surface area contributed by atoms with E-state index in [0.717, 1.165) is 0 Å². The average Bonchev–Trinajstić information content (AvgIpc) is 3.79. The van der Waals surface area contributed by atoms with Crippen molar-refractivity contribution in [2.45, 2.75) is 19.3 Å². The molecule has 0 saturated heterocycles. The van der Waals surface area contributed by atoms with E-state index in [-0.39, 0.29) is 5.41 Å². The lowest BCUT2D eigenvalue weighted by Gasteiger charge is -2.23. The first kappa shape index (κ1) is 24.4. The molecule has 0 unspecified atom stereocenters. The van der Waals surface area contributed by atoms with E-state index in [1.807, 2.05) is 23.4 Å². The molecular formula is C37H26N2S2. The molecule has 4 heteroatoms. The van der Waals surface area contributed by atoms with Crippen LogP contribution < -0.4 is 0 Å². The maximum absolute atomic E-state index is 4.30. The Kier molecular flexibility index (Phi) is 5.56. The van der Waals surface area contributed by atoms with Gasteiger partial charge in [0, 0.05) is 17.8 Å². The van der Waals surface area contributed by atoms with Crippen molar-refractivity contribution in [3.05, 3.63) is 132 Å². The SMILES string of the molecule is CC1(C)c2cc(-c3cccc(-c4cncs4)c3)ccc2-c2c1cc(-c1cccc(-c3cncs3)c1)c1ccccc21. The van der Waals surface area contributed by atoms with Gasteiger partial charge in [-0.3, -0.25) is 9.97 Å². The van der Waals surface area contributed by atoms with Gasteiger partial charge in [-0.1, -0.05) is 86.6 Å². The van der Waals surface area contributed by atoms with Crippen LogP contribution in [0, 0.1) is 0 Å².